The van der Waals surface area contributed by atoms with E-state index in [4.69, 9.17) is 16.3 Å². The Bertz CT molecular complexity index is 635. The number of carbonyl (C=O) groups excluding carboxylic acids is 1. The van der Waals surface area contributed by atoms with Crippen LogP contribution in [0.25, 0.3) is 0 Å². The van der Waals surface area contributed by atoms with E-state index in [1.165, 1.54) is 7.11 Å². The maximum atomic E-state index is 12.1. The van der Waals surface area contributed by atoms with Gasteiger partial charge in [0.25, 0.3) is 0 Å². The Morgan fingerprint density at radius 1 is 1.43 bits per heavy atom. The number of hydrogen-bond acceptors (Lipinski definition) is 4. The molecule has 1 unspecified atom stereocenters. The number of imidazole rings is 1. The average Bonchev–Trinajstić information content (AvgIpc) is 3.24. The number of methoxy groups -OCH3 is 1. The third kappa shape index (κ3) is 3.03. The van der Waals surface area contributed by atoms with Crippen LogP contribution in [0.15, 0.2) is 36.8 Å². The minimum atomic E-state index is -0.584. The Balaban J connectivity index is 1.88. The Labute approximate surface area is 127 Å². The van der Waals surface area contributed by atoms with Crippen LogP contribution in [-0.2, 0) is 9.53 Å². The number of nitrogens with one attached hydrogen (secondary N) is 1. The molecule has 3 rings (SSSR count). The lowest BCUT2D eigenvalue weighted by atomic mass is 10.2. The highest BCUT2D eigenvalue weighted by atomic mass is 35.5. The van der Waals surface area contributed by atoms with Gasteiger partial charge in [-0.1, -0.05) is 11.6 Å². The predicted molar refractivity (Wildman–Crippen MR) is 80.3 cm³/mol. The van der Waals surface area contributed by atoms with Crippen LogP contribution in [0, 0.1) is 0 Å². The van der Waals surface area contributed by atoms with Gasteiger partial charge in [-0.15, -0.1) is 0 Å². The molecule has 0 spiro atoms. The number of hydrogen-bond donors (Lipinski definition) is 1. The second kappa shape index (κ2) is 5.77. The van der Waals surface area contributed by atoms with Crippen LogP contribution in [0.3, 0.4) is 0 Å². The van der Waals surface area contributed by atoms with Gasteiger partial charge in [-0.05, 0) is 37.1 Å². The minimum Gasteiger partial charge on any atom is -0.467 e. The first kappa shape index (κ1) is 13.9. The van der Waals surface area contributed by atoms with Crippen molar-refractivity contribution in [3.05, 3.63) is 47.5 Å². The summed E-state index contributed by atoms with van der Waals surface area (Å²) in [6.45, 7) is 0. The molecule has 0 radical (unpaired) electrons. The number of nitrogens with zero attached hydrogens (tertiary/aromatic N) is 2. The molecule has 6 heteroatoms. The Hall–Kier alpha value is -2.01. The molecule has 1 aromatic heterocycles. The minimum absolute atomic E-state index is 0.340. The number of halogens is 1. The Morgan fingerprint density at radius 2 is 2.14 bits per heavy atom. The molecule has 21 heavy (non-hydrogen) atoms. The lowest BCUT2D eigenvalue weighted by Crippen LogP contribution is -2.24. The van der Waals surface area contributed by atoms with Crippen LogP contribution in [0.5, 0.6) is 0 Å². The van der Waals surface area contributed by atoms with Gasteiger partial charge in [-0.3, -0.25) is 0 Å². The van der Waals surface area contributed by atoms with E-state index in [9.17, 15) is 4.79 Å². The highest BCUT2D eigenvalue weighted by Gasteiger charge is 2.31. The molecular weight excluding hydrogens is 290 g/mol. The van der Waals surface area contributed by atoms with Crippen LogP contribution in [0.4, 0.5) is 5.69 Å². The summed E-state index contributed by atoms with van der Waals surface area (Å²) in [5.74, 6) is -0.340. The van der Waals surface area contributed by atoms with Crippen molar-refractivity contribution >= 4 is 23.3 Å². The van der Waals surface area contributed by atoms with Gasteiger partial charge >= 0.3 is 5.97 Å². The van der Waals surface area contributed by atoms with Gasteiger partial charge in [0.2, 0.25) is 0 Å². The highest BCUT2D eigenvalue weighted by molar-refractivity contribution is 6.30. The molecule has 1 aromatic carbocycles. The maximum Gasteiger partial charge on any atom is 0.334 e. The SMILES string of the molecule is COC(=O)C(Nc1ccc(Cl)cc1)c1cncn1C1CC1. The number of benzene rings is 1. The second-order valence-electron chi connectivity index (χ2n) is 5.06. The number of ether oxygens (including phenoxy) is 1. The summed E-state index contributed by atoms with van der Waals surface area (Å²) < 4.78 is 6.96. The summed E-state index contributed by atoms with van der Waals surface area (Å²) in [5, 5.41) is 3.84. The number of carbonyl (C=O) groups is 1. The number of anilines is 1. The number of esters is 1. The van der Waals surface area contributed by atoms with Crippen LogP contribution < -0.4 is 5.32 Å². The van der Waals surface area contributed by atoms with E-state index in [1.54, 1.807) is 24.7 Å². The molecule has 2 aromatic rings. The van der Waals surface area contributed by atoms with Crippen LogP contribution in [0.1, 0.15) is 30.6 Å². The highest BCUT2D eigenvalue weighted by Crippen LogP contribution is 2.37. The fourth-order valence-corrected chi connectivity index (χ4v) is 2.41. The van der Waals surface area contributed by atoms with Gasteiger partial charge in [0.15, 0.2) is 6.04 Å². The Kier molecular flexibility index (Phi) is 3.84. The first-order valence-electron chi connectivity index (χ1n) is 6.80. The average molecular weight is 306 g/mol. The summed E-state index contributed by atoms with van der Waals surface area (Å²) in [6, 6.07) is 7.07. The van der Waals surface area contributed by atoms with Crippen LogP contribution >= 0.6 is 11.6 Å². The molecule has 0 aliphatic heterocycles. The van der Waals surface area contributed by atoms with E-state index >= 15 is 0 Å². The monoisotopic (exact) mass is 305 g/mol. The Morgan fingerprint density at radius 3 is 2.76 bits per heavy atom. The van der Waals surface area contributed by atoms with E-state index in [-0.39, 0.29) is 5.97 Å². The largest absolute Gasteiger partial charge is 0.467 e. The van der Waals surface area contributed by atoms with Crippen molar-refractivity contribution in [3.63, 3.8) is 0 Å². The fourth-order valence-electron chi connectivity index (χ4n) is 2.28. The molecular formula is C15H16ClN3O2. The summed E-state index contributed by atoms with van der Waals surface area (Å²) in [7, 11) is 1.39. The first-order valence-corrected chi connectivity index (χ1v) is 7.18. The van der Waals surface area contributed by atoms with E-state index in [0.717, 1.165) is 24.2 Å². The topological polar surface area (TPSA) is 56.1 Å². The summed E-state index contributed by atoms with van der Waals surface area (Å²) >= 11 is 5.88. The molecule has 1 saturated carbocycles. The molecule has 0 bridgehead atoms. The zero-order valence-electron chi connectivity index (χ0n) is 11.6. The molecule has 1 fully saturated rings. The summed E-state index contributed by atoms with van der Waals surface area (Å²) in [5.41, 5.74) is 1.62. The molecule has 1 aliphatic rings. The standard InChI is InChI=1S/C15H16ClN3O2/c1-21-15(20)14(18-11-4-2-10(16)3-5-11)13-8-17-9-19(13)12-6-7-12/h2-5,8-9,12,14,18H,6-7H2,1H3. The van der Waals surface area contributed by atoms with E-state index in [2.05, 4.69) is 10.3 Å². The maximum absolute atomic E-state index is 12.1. The zero-order valence-corrected chi connectivity index (χ0v) is 12.4. The summed E-state index contributed by atoms with van der Waals surface area (Å²) in [4.78, 5) is 16.3. The quantitative estimate of drug-likeness (QED) is 0.862. The van der Waals surface area contributed by atoms with E-state index in [0.29, 0.717) is 11.1 Å². The van der Waals surface area contributed by atoms with Gasteiger partial charge in [0, 0.05) is 16.8 Å². The second-order valence-corrected chi connectivity index (χ2v) is 5.50. The number of rotatable bonds is 5. The fraction of sp³-hybridized carbons (Fsp3) is 0.333. The van der Waals surface area contributed by atoms with Crippen LogP contribution in [0.2, 0.25) is 5.02 Å². The van der Waals surface area contributed by atoms with Gasteiger partial charge in [0.05, 0.1) is 25.3 Å². The molecule has 0 amide bonds. The van der Waals surface area contributed by atoms with Crippen molar-refractivity contribution in [1.82, 2.24) is 9.55 Å². The molecule has 5 nitrogen and oxygen atoms in total. The van der Waals surface area contributed by atoms with Crippen molar-refractivity contribution < 1.29 is 9.53 Å². The smallest absolute Gasteiger partial charge is 0.334 e. The van der Waals surface area contributed by atoms with Gasteiger partial charge in [-0.2, -0.15) is 0 Å². The van der Waals surface area contributed by atoms with Gasteiger partial charge in [-0.25, -0.2) is 9.78 Å². The normalized spacial score (nSPS) is 15.5. The number of aromatic nitrogens is 2. The molecule has 1 heterocycles. The van der Waals surface area contributed by atoms with E-state index < -0.39 is 6.04 Å². The summed E-state index contributed by atoms with van der Waals surface area (Å²) in [6.07, 6.45) is 5.73. The van der Waals surface area contributed by atoms with Crippen molar-refractivity contribution in [2.45, 2.75) is 24.9 Å². The van der Waals surface area contributed by atoms with Crippen molar-refractivity contribution in [3.8, 4) is 0 Å². The lowest BCUT2D eigenvalue weighted by Gasteiger charge is -2.19. The predicted octanol–water partition coefficient (Wildman–Crippen LogP) is 3.20. The van der Waals surface area contributed by atoms with Gasteiger partial charge < -0.3 is 14.6 Å². The van der Waals surface area contributed by atoms with Crippen molar-refractivity contribution in [1.29, 1.82) is 0 Å². The molecule has 0 saturated heterocycles. The first-order chi connectivity index (χ1) is 10.2. The van der Waals surface area contributed by atoms with Gasteiger partial charge in [0.1, 0.15) is 0 Å². The lowest BCUT2D eigenvalue weighted by molar-refractivity contribution is -0.141. The van der Waals surface area contributed by atoms with Crippen LogP contribution in [-0.4, -0.2) is 22.6 Å². The zero-order chi connectivity index (χ0) is 14.8. The third-order valence-corrected chi connectivity index (χ3v) is 3.78. The molecule has 1 aliphatic carbocycles. The molecule has 1 atom stereocenters. The molecule has 110 valence electrons. The van der Waals surface area contributed by atoms with E-state index in [1.807, 2.05) is 16.7 Å². The van der Waals surface area contributed by atoms with Crippen molar-refractivity contribution in [2.24, 2.45) is 0 Å². The third-order valence-electron chi connectivity index (χ3n) is 3.52. The van der Waals surface area contributed by atoms with Crippen molar-refractivity contribution in [2.75, 3.05) is 12.4 Å². The molecule has 1 N–H and O–H groups in total.